The molecule has 1 heterocycles. The number of pyridine rings is 1. The molecule has 0 atom stereocenters. The molecule has 0 aliphatic heterocycles. The lowest BCUT2D eigenvalue weighted by Gasteiger charge is -1.92. The van der Waals surface area contributed by atoms with Crippen molar-refractivity contribution in [2.24, 2.45) is 5.73 Å². The predicted molar refractivity (Wildman–Crippen MR) is 53.8 cm³/mol. The lowest BCUT2D eigenvalue weighted by Crippen LogP contribution is -1.73. The first-order chi connectivity index (χ1) is 5.33. The molecule has 0 radical (unpaired) electrons. The van der Waals surface area contributed by atoms with Crippen LogP contribution >= 0.6 is 27.7 Å². The predicted octanol–water partition coefficient (Wildman–Crippen LogP) is 2.14. The Kier molecular flexibility index (Phi) is 6.60. The minimum atomic E-state index is 0.889. The van der Waals surface area contributed by atoms with Crippen LogP contribution in [0.3, 0.4) is 0 Å². The lowest BCUT2D eigenvalue weighted by molar-refractivity contribution is 1.20. The van der Waals surface area contributed by atoms with E-state index >= 15 is 0 Å². The summed E-state index contributed by atoms with van der Waals surface area (Å²) in [6.07, 6.45) is 3.87. The van der Waals surface area contributed by atoms with Gasteiger partial charge in [-0.1, -0.05) is 0 Å². The fraction of sp³-hybridized carbons (Fsp3) is 0.286. The van der Waals surface area contributed by atoms with Crippen molar-refractivity contribution in [2.75, 3.05) is 13.3 Å². The van der Waals surface area contributed by atoms with Gasteiger partial charge in [0.25, 0.3) is 0 Å². The monoisotopic (exact) mass is 234 g/mol. The summed E-state index contributed by atoms with van der Waals surface area (Å²) in [7, 11) is 1.50. The molecule has 11 heavy (non-hydrogen) atoms. The van der Waals surface area contributed by atoms with E-state index in [4.69, 9.17) is 0 Å². The number of hydrogen-bond acceptors (Lipinski definition) is 3. The number of nitrogens with two attached hydrogens (primary N) is 1. The van der Waals surface area contributed by atoms with E-state index in [1.165, 1.54) is 11.9 Å². The molecule has 0 saturated carbocycles. The Balaban J connectivity index is 0.000000461. The van der Waals surface area contributed by atoms with E-state index in [-0.39, 0.29) is 0 Å². The SMILES string of the molecule is CN.CSc1ccc(Br)nc1. The van der Waals surface area contributed by atoms with E-state index in [1.807, 2.05) is 24.6 Å². The van der Waals surface area contributed by atoms with Crippen molar-refractivity contribution in [1.82, 2.24) is 4.98 Å². The van der Waals surface area contributed by atoms with Crippen molar-refractivity contribution < 1.29 is 0 Å². The highest BCUT2D eigenvalue weighted by molar-refractivity contribution is 9.10. The second-order valence-corrected chi connectivity index (χ2v) is 3.21. The number of halogens is 1. The first-order valence-corrected chi connectivity index (χ1v) is 5.08. The van der Waals surface area contributed by atoms with Crippen LogP contribution in [0.5, 0.6) is 0 Å². The molecule has 4 heteroatoms. The first-order valence-electron chi connectivity index (χ1n) is 3.06. The Hall–Kier alpha value is -0.0600. The molecule has 62 valence electrons. The van der Waals surface area contributed by atoms with Crippen LogP contribution < -0.4 is 5.73 Å². The normalized spacial score (nSPS) is 8.36. The summed E-state index contributed by atoms with van der Waals surface area (Å²) in [5.41, 5.74) is 4.50. The molecule has 0 amide bonds. The third-order valence-corrected chi connectivity index (χ3v) is 2.12. The second-order valence-electron chi connectivity index (χ2n) is 1.52. The van der Waals surface area contributed by atoms with Crippen molar-refractivity contribution in [3.63, 3.8) is 0 Å². The quantitative estimate of drug-likeness (QED) is 0.598. The summed E-state index contributed by atoms with van der Waals surface area (Å²) in [6, 6.07) is 3.97. The van der Waals surface area contributed by atoms with Gasteiger partial charge in [0.2, 0.25) is 0 Å². The molecular formula is C7H11BrN2S. The van der Waals surface area contributed by atoms with E-state index in [2.05, 4.69) is 26.6 Å². The van der Waals surface area contributed by atoms with Crippen molar-refractivity contribution in [2.45, 2.75) is 4.90 Å². The number of thioether (sulfide) groups is 1. The fourth-order valence-corrected chi connectivity index (χ4v) is 1.08. The van der Waals surface area contributed by atoms with Gasteiger partial charge in [-0.2, -0.15) is 0 Å². The van der Waals surface area contributed by atoms with Gasteiger partial charge in [-0.05, 0) is 41.4 Å². The van der Waals surface area contributed by atoms with Gasteiger partial charge in [-0.3, -0.25) is 0 Å². The summed E-state index contributed by atoms with van der Waals surface area (Å²) in [5.74, 6) is 0. The molecular weight excluding hydrogens is 224 g/mol. The fourth-order valence-electron chi connectivity index (χ4n) is 0.483. The maximum absolute atomic E-state index is 4.50. The van der Waals surface area contributed by atoms with Crippen LogP contribution in [0.1, 0.15) is 0 Å². The van der Waals surface area contributed by atoms with Crippen LogP contribution in [0, 0.1) is 0 Å². The van der Waals surface area contributed by atoms with Crippen LogP contribution in [-0.2, 0) is 0 Å². The van der Waals surface area contributed by atoms with Gasteiger partial charge in [-0.25, -0.2) is 4.98 Å². The van der Waals surface area contributed by atoms with Crippen LogP contribution in [0.25, 0.3) is 0 Å². The third kappa shape index (κ3) is 4.40. The summed E-state index contributed by atoms with van der Waals surface area (Å²) in [5, 5.41) is 0. The van der Waals surface area contributed by atoms with E-state index in [0.717, 1.165) is 4.60 Å². The molecule has 2 nitrogen and oxygen atoms in total. The Bertz CT molecular complexity index is 188. The zero-order chi connectivity index (χ0) is 8.69. The smallest absolute Gasteiger partial charge is 0.106 e. The molecule has 0 aliphatic rings. The molecule has 0 saturated heterocycles. The highest BCUT2D eigenvalue weighted by Crippen LogP contribution is 2.14. The molecule has 0 spiro atoms. The Morgan fingerprint density at radius 3 is 2.45 bits per heavy atom. The zero-order valence-electron chi connectivity index (χ0n) is 6.54. The molecule has 0 unspecified atom stereocenters. The first kappa shape index (κ1) is 10.9. The van der Waals surface area contributed by atoms with E-state index < -0.39 is 0 Å². The van der Waals surface area contributed by atoms with Gasteiger partial charge in [0.15, 0.2) is 0 Å². The summed E-state index contributed by atoms with van der Waals surface area (Å²) in [6.45, 7) is 0. The van der Waals surface area contributed by atoms with Crippen LogP contribution in [0.2, 0.25) is 0 Å². The molecule has 0 bridgehead atoms. The molecule has 1 rings (SSSR count). The van der Waals surface area contributed by atoms with Gasteiger partial charge in [0.05, 0.1) is 0 Å². The average molecular weight is 235 g/mol. The maximum Gasteiger partial charge on any atom is 0.106 e. The summed E-state index contributed by atoms with van der Waals surface area (Å²) in [4.78, 5) is 5.24. The Morgan fingerprint density at radius 1 is 1.45 bits per heavy atom. The second kappa shape index (κ2) is 6.64. The molecule has 0 aliphatic carbocycles. The molecule has 0 fully saturated rings. The summed E-state index contributed by atoms with van der Waals surface area (Å²) >= 11 is 4.95. The average Bonchev–Trinajstić information content (AvgIpc) is 2.10. The largest absolute Gasteiger partial charge is 0.333 e. The van der Waals surface area contributed by atoms with Crippen molar-refractivity contribution in [1.29, 1.82) is 0 Å². The number of rotatable bonds is 1. The van der Waals surface area contributed by atoms with Crippen LogP contribution in [0.4, 0.5) is 0 Å². The van der Waals surface area contributed by atoms with Crippen molar-refractivity contribution in [3.05, 3.63) is 22.9 Å². The van der Waals surface area contributed by atoms with Crippen LogP contribution in [-0.4, -0.2) is 18.3 Å². The molecule has 2 N–H and O–H groups in total. The van der Waals surface area contributed by atoms with Gasteiger partial charge in [0.1, 0.15) is 4.60 Å². The Morgan fingerprint density at radius 2 is 2.09 bits per heavy atom. The van der Waals surface area contributed by atoms with E-state index in [0.29, 0.717) is 0 Å². The minimum Gasteiger partial charge on any atom is -0.333 e. The van der Waals surface area contributed by atoms with E-state index in [9.17, 15) is 0 Å². The van der Waals surface area contributed by atoms with Gasteiger partial charge in [-0.15, -0.1) is 11.8 Å². The highest BCUT2D eigenvalue weighted by Gasteiger charge is 1.87. The van der Waals surface area contributed by atoms with Gasteiger partial charge < -0.3 is 5.73 Å². The topological polar surface area (TPSA) is 38.9 Å². The Labute approximate surface area is 79.7 Å². The number of hydrogen-bond donors (Lipinski definition) is 1. The zero-order valence-corrected chi connectivity index (χ0v) is 8.95. The molecule has 1 aromatic rings. The number of aromatic nitrogens is 1. The van der Waals surface area contributed by atoms with E-state index in [1.54, 1.807) is 11.8 Å². The lowest BCUT2D eigenvalue weighted by atomic mass is 10.5. The third-order valence-electron chi connectivity index (χ3n) is 0.936. The molecule has 1 aromatic heterocycles. The van der Waals surface area contributed by atoms with Crippen molar-refractivity contribution in [3.8, 4) is 0 Å². The summed E-state index contributed by atoms with van der Waals surface area (Å²) < 4.78 is 0.889. The highest BCUT2D eigenvalue weighted by atomic mass is 79.9. The minimum absolute atomic E-state index is 0.889. The van der Waals surface area contributed by atoms with Gasteiger partial charge in [0, 0.05) is 11.1 Å². The standard InChI is InChI=1S/C6H6BrNS.CH5N/c1-9-5-2-3-6(7)8-4-5;1-2/h2-4H,1H3;2H2,1H3. The molecule has 0 aromatic carbocycles. The van der Waals surface area contributed by atoms with Gasteiger partial charge >= 0.3 is 0 Å². The number of nitrogens with zero attached hydrogens (tertiary/aromatic N) is 1. The maximum atomic E-state index is 4.50. The van der Waals surface area contributed by atoms with Crippen LogP contribution in [0.15, 0.2) is 27.8 Å². The van der Waals surface area contributed by atoms with Crippen molar-refractivity contribution >= 4 is 27.7 Å².